The van der Waals surface area contributed by atoms with E-state index in [2.05, 4.69) is 20.4 Å². The molecule has 1 unspecified atom stereocenters. The lowest BCUT2D eigenvalue weighted by atomic mass is 10.1. The Labute approximate surface area is 187 Å². The first-order valence-electron chi connectivity index (χ1n) is 9.98. The predicted molar refractivity (Wildman–Crippen MR) is 122 cm³/mol. The number of ether oxygens (including phenoxy) is 1. The zero-order chi connectivity index (χ0) is 22.4. The number of nitrogens with one attached hydrogen (secondary N) is 1. The summed E-state index contributed by atoms with van der Waals surface area (Å²) in [7, 11) is 5.63. The van der Waals surface area contributed by atoms with Crippen molar-refractivity contribution in [1.82, 2.24) is 20.4 Å². The van der Waals surface area contributed by atoms with Crippen LogP contribution < -0.4 is 10.1 Å². The third-order valence-electron chi connectivity index (χ3n) is 5.11. The molecule has 0 aliphatic carbocycles. The highest BCUT2D eigenvalue weighted by molar-refractivity contribution is 7.98. The summed E-state index contributed by atoms with van der Waals surface area (Å²) in [5.74, 6) is 2.08. The van der Waals surface area contributed by atoms with Crippen LogP contribution in [-0.2, 0) is 5.75 Å². The van der Waals surface area contributed by atoms with Crippen LogP contribution in [0, 0.1) is 13.8 Å². The standard InChI is InChI=1S/C23H28N4O3S/c1-15-20(16(2)30-26-15)14-31-23-19(10-7-11-24-23)22(28)25-13-21(27(3)4)17-8-6-9-18(12-17)29-5/h6-12,21H,13-14H2,1-5H3,(H,25,28). The Kier molecular flexibility index (Phi) is 7.70. The van der Waals surface area contributed by atoms with Gasteiger partial charge in [0.25, 0.3) is 5.91 Å². The van der Waals surface area contributed by atoms with Crippen LogP contribution in [0.2, 0.25) is 0 Å². The van der Waals surface area contributed by atoms with Gasteiger partial charge in [0.15, 0.2) is 0 Å². The van der Waals surface area contributed by atoms with Crippen LogP contribution in [0.5, 0.6) is 5.75 Å². The van der Waals surface area contributed by atoms with E-state index in [1.165, 1.54) is 11.8 Å². The third-order valence-corrected chi connectivity index (χ3v) is 6.14. The zero-order valence-electron chi connectivity index (χ0n) is 18.5. The molecule has 3 aromatic rings. The van der Waals surface area contributed by atoms with Crippen molar-refractivity contribution in [3.8, 4) is 5.75 Å². The molecule has 0 radical (unpaired) electrons. The fourth-order valence-electron chi connectivity index (χ4n) is 3.26. The van der Waals surface area contributed by atoms with Gasteiger partial charge in [-0.2, -0.15) is 0 Å². The van der Waals surface area contributed by atoms with Gasteiger partial charge in [0.1, 0.15) is 16.5 Å². The second-order valence-corrected chi connectivity index (χ2v) is 8.38. The number of carbonyl (C=O) groups excluding carboxylic acids is 1. The molecule has 0 spiro atoms. The van der Waals surface area contributed by atoms with Gasteiger partial charge < -0.3 is 19.5 Å². The highest BCUT2D eigenvalue weighted by Crippen LogP contribution is 2.27. The number of hydrogen-bond acceptors (Lipinski definition) is 7. The summed E-state index contributed by atoms with van der Waals surface area (Å²) in [5.41, 5.74) is 3.53. The molecule has 3 rings (SSSR count). The molecule has 0 bridgehead atoms. The highest BCUT2D eigenvalue weighted by Gasteiger charge is 2.19. The van der Waals surface area contributed by atoms with Crippen molar-refractivity contribution in [3.05, 3.63) is 70.7 Å². The Bertz CT molecular complexity index is 1020. The molecule has 0 aliphatic heterocycles. The molecule has 0 fully saturated rings. The van der Waals surface area contributed by atoms with E-state index in [9.17, 15) is 4.79 Å². The topological polar surface area (TPSA) is 80.5 Å². The summed E-state index contributed by atoms with van der Waals surface area (Å²) >= 11 is 1.50. The van der Waals surface area contributed by atoms with Crippen molar-refractivity contribution in [2.45, 2.75) is 30.7 Å². The van der Waals surface area contributed by atoms with Gasteiger partial charge in [0.2, 0.25) is 0 Å². The number of pyridine rings is 1. The number of aromatic nitrogens is 2. The van der Waals surface area contributed by atoms with Crippen molar-refractivity contribution in [2.75, 3.05) is 27.7 Å². The SMILES string of the molecule is COc1cccc(C(CNC(=O)c2cccnc2SCc2c(C)noc2C)N(C)C)c1. The van der Waals surface area contributed by atoms with Crippen molar-refractivity contribution in [2.24, 2.45) is 0 Å². The van der Waals surface area contributed by atoms with Gasteiger partial charge in [-0.3, -0.25) is 4.79 Å². The van der Waals surface area contributed by atoms with Crippen LogP contribution in [-0.4, -0.2) is 48.7 Å². The zero-order valence-corrected chi connectivity index (χ0v) is 19.3. The van der Waals surface area contributed by atoms with E-state index in [0.29, 0.717) is 22.9 Å². The third kappa shape index (κ3) is 5.65. The molecule has 0 saturated heterocycles. The van der Waals surface area contributed by atoms with Gasteiger partial charge in [0.05, 0.1) is 24.4 Å². The average molecular weight is 441 g/mol. The summed E-state index contributed by atoms with van der Waals surface area (Å²) in [6.07, 6.45) is 1.70. The molecule has 0 aliphatic rings. The van der Waals surface area contributed by atoms with Gasteiger partial charge >= 0.3 is 0 Å². The van der Waals surface area contributed by atoms with E-state index >= 15 is 0 Å². The lowest BCUT2D eigenvalue weighted by Crippen LogP contribution is -2.34. The number of thioether (sulfide) groups is 1. The fraction of sp³-hybridized carbons (Fsp3) is 0.348. The van der Waals surface area contributed by atoms with Crippen molar-refractivity contribution in [3.63, 3.8) is 0 Å². The summed E-state index contributed by atoms with van der Waals surface area (Å²) in [4.78, 5) is 19.5. The first-order valence-corrected chi connectivity index (χ1v) is 11.0. The number of methoxy groups -OCH3 is 1. The van der Waals surface area contributed by atoms with Crippen LogP contribution in [0.3, 0.4) is 0 Å². The first-order chi connectivity index (χ1) is 14.9. The number of amides is 1. The lowest BCUT2D eigenvalue weighted by Gasteiger charge is -2.25. The van der Waals surface area contributed by atoms with Gasteiger partial charge in [-0.15, -0.1) is 11.8 Å². The molecule has 2 heterocycles. The van der Waals surface area contributed by atoms with Crippen LogP contribution in [0.4, 0.5) is 0 Å². The molecule has 7 nitrogen and oxygen atoms in total. The quantitative estimate of drug-likeness (QED) is 0.503. The number of aryl methyl sites for hydroxylation is 2. The number of hydrogen-bond donors (Lipinski definition) is 1. The predicted octanol–water partition coefficient (Wildman–Crippen LogP) is 4.02. The summed E-state index contributed by atoms with van der Waals surface area (Å²) in [6.45, 7) is 4.27. The smallest absolute Gasteiger partial charge is 0.254 e. The van der Waals surface area contributed by atoms with E-state index in [0.717, 1.165) is 28.3 Å². The van der Waals surface area contributed by atoms with E-state index < -0.39 is 0 Å². The van der Waals surface area contributed by atoms with E-state index in [1.54, 1.807) is 25.4 Å². The van der Waals surface area contributed by atoms with Crippen LogP contribution >= 0.6 is 11.8 Å². The minimum atomic E-state index is -0.149. The Morgan fingerprint density at radius 3 is 2.74 bits per heavy atom. The summed E-state index contributed by atoms with van der Waals surface area (Å²) < 4.78 is 10.6. The van der Waals surface area contributed by atoms with Crippen molar-refractivity contribution < 1.29 is 14.1 Å². The minimum Gasteiger partial charge on any atom is -0.497 e. The van der Waals surface area contributed by atoms with Crippen LogP contribution in [0.15, 0.2) is 52.1 Å². The number of rotatable bonds is 9. The van der Waals surface area contributed by atoms with Crippen molar-refractivity contribution >= 4 is 17.7 Å². The Hall–Kier alpha value is -2.84. The largest absolute Gasteiger partial charge is 0.497 e. The van der Waals surface area contributed by atoms with Crippen LogP contribution in [0.25, 0.3) is 0 Å². The van der Waals surface area contributed by atoms with Gasteiger partial charge in [-0.05, 0) is 57.8 Å². The van der Waals surface area contributed by atoms with Crippen molar-refractivity contribution in [1.29, 1.82) is 0 Å². The Morgan fingerprint density at radius 1 is 1.26 bits per heavy atom. The second kappa shape index (κ2) is 10.5. The monoisotopic (exact) mass is 440 g/mol. The number of nitrogens with zero attached hydrogens (tertiary/aromatic N) is 3. The first kappa shape index (κ1) is 22.8. The summed E-state index contributed by atoms with van der Waals surface area (Å²) in [6, 6.07) is 11.5. The Balaban J connectivity index is 1.71. The normalized spacial score (nSPS) is 12.1. The molecule has 31 heavy (non-hydrogen) atoms. The molecular formula is C23H28N4O3S. The van der Waals surface area contributed by atoms with Gasteiger partial charge in [-0.25, -0.2) is 4.98 Å². The van der Waals surface area contributed by atoms with Gasteiger partial charge in [0, 0.05) is 24.1 Å². The lowest BCUT2D eigenvalue weighted by molar-refractivity contribution is 0.0938. The van der Waals surface area contributed by atoms with Crippen LogP contribution in [0.1, 0.15) is 39.0 Å². The number of likely N-dealkylation sites (N-methyl/N-ethyl adjacent to an activating group) is 1. The molecule has 2 aromatic heterocycles. The maximum atomic E-state index is 13.0. The van der Waals surface area contributed by atoms with E-state index in [-0.39, 0.29) is 11.9 Å². The second-order valence-electron chi connectivity index (χ2n) is 7.41. The maximum absolute atomic E-state index is 13.0. The highest BCUT2D eigenvalue weighted by atomic mass is 32.2. The molecule has 1 atom stereocenters. The number of carbonyl (C=O) groups is 1. The maximum Gasteiger partial charge on any atom is 0.254 e. The van der Waals surface area contributed by atoms with Gasteiger partial charge in [-0.1, -0.05) is 17.3 Å². The van der Waals surface area contributed by atoms with E-state index in [1.807, 2.05) is 52.2 Å². The molecule has 1 aromatic carbocycles. The fourth-order valence-corrected chi connectivity index (χ4v) is 4.40. The summed E-state index contributed by atoms with van der Waals surface area (Å²) in [5, 5.41) is 7.74. The number of benzene rings is 1. The molecular weight excluding hydrogens is 412 g/mol. The molecule has 164 valence electrons. The minimum absolute atomic E-state index is 0.00845. The molecule has 8 heteroatoms. The Morgan fingerprint density at radius 2 is 2.06 bits per heavy atom. The molecule has 1 amide bonds. The van der Waals surface area contributed by atoms with E-state index in [4.69, 9.17) is 9.26 Å². The molecule has 0 saturated carbocycles. The average Bonchev–Trinajstić information content (AvgIpc) is 3.09. The molecule has 1 N–H and O–H groups in total.